The van der Waals surface area contributed by atoms with Gasteiger partial charge in [0.1, 0.15) is 0 Å². The molecule has 0 aliphatic rings. The molecular weight excluding hydrogens is 290 g/mol. The molecule has 122 valence electrons. The van der Waals surface area contributed by atoms with Crippen molar-refractivity contribution in [3.63, 3.8) is 0 Å². The van der Waals surface area contributed by atoms with Gasteiger partial charge in [-0.1, -0.05) is 23.8 Å². The molecule has 0 heterocycles. The predicted molar refractivity (Wildman–Crippen MR) is 91.5 cm³/mol. The Labute approximate surface area is 137 Å². The normalized spacial score (nSPS) is 10.3. The third-order valence-corrected chi connectivity index (χ3v) is 3.78. The quantitative estimate of drug-likeness (QED) is 0.890. The molecule has 1 amide bonds. The number of aryl methyl sites for hydroxylation is 2. The topological polar surface area (TPSA) is 47.6 Å². The van der Waals surface area contributed by atoms with Crippen molar-refractivity contribution in [1.29, 1.82) is 0 Å². The van der Waals surface area contributed by atoms with Crippen molar-refractivity contribution in [2.75, 3.05) is 20.8 Å². The molecule has 0 saturated heterocycles. The molecule has 2 aromatic carbocycles. The van der Waals surface area contributed by atoms with Crippen LogP contribution >= 0.6 is 0 Å². The Morgan fingerprint density at radius 3 is 2.43 bits per heavy atom. The number of ether oxygens (including phenoxy) is 2. The van der Waals surface area contributed by atoms with Gasteiger partial charge in [0.2, 0.25) is 0 Å². The molecule has 0 aliphatic heterocycles. The van der Waals surface area contributed by atoms with Crippen molar-refractivity contribution in [2.24, 2.45) is 0 Å². The van der Waals surface area contributed by atoms with Crippen LogP contribution in [0.3, 0.4) is 0 Å². The zero-order chi connectivity index (χ0) is 16.8. The highest BCUT2D eigenvalue weighted by Crippen LogP contribution is 2.27. The van der Waals surface area contributed by atoms with Crippen molar-refractivity contribution in [3.8, 4) is 11.5 Å². The third kappa shape index (κ3) is 4.25. The van der Waals surface area contributed by atoms with Crippen LogP contribution in [-0.4, -0.2) is 26.7 Å². The summed E-state index contributed by atoms with van der Waals surface area (Å²) in [7, 11) is 3.23. The Morgan fingerprint density at radius 1 is 1.00 bits per heavy atom. The van der Waals surface area contributed by atoms with E-state index in [1.165, 1.54) is 0 Å². The number of hydrogen-bond acceptors (Lipinski definition) is 3. The second kappa shape index (κ2) is 7.68. The minimum absolute atomic E-state index is 0.0355. The van der Waals surface area contributed by atoms with E-state index in [-0.39, 0.29) is 5.91 Å². The van der Waals surface area contributed by atoms with Crippen LogP contribution in [0.15, 0.2) is 36.4 Å². The van der Waals surface area contributed by atoms with Crippen molar-refractivity contribution in [2.45, 2.75) is 20.3 Å². The molecule has 0 unspecified atom stereocenters. The van der Waals surface area contributed by atoms with E-state index < -0.39 is 0 Å². The van der Waals surface area contributed by atoms with Gasteiger partial charge in [0.15, 0.2) is 11.5 Å². The first-order chi connectivity index (χ1) is 11.0. The van der Waals surface area contributed by atoms with Gasteiger partial charge in [-0.25, -0.2) is 0 Å². The third-order valence-electron chi connectivity index (χ3n) is 3.78. The summed E-state index contributed by atoms with van der Waals surface area (Å²) in [6, 6.07) is 11.7. The fraction of sp³-hybridized carbons (Fsp3) is 0.316. The zero-order valence-electron chi connectivity index (χ0n) is 14.1. The highest BCUT2D eigenvalue weighted by atomic mass is 16.5. The Bertz CT molecular complexity index is 695. The zero-order valence-corrected chi connectivity index (χ0v) is 14.1. The highest BCUT2D eigenvalue weighted by molar-refractivity contribution is 5.95. The molecule has 4 nitrogen and oxygen atoms in total. The Balaban J connectivity index is 1.97. The summed E-state index contributed by atoms with van der Waals surface area (Å²) in [5.74, 6) is 1.37. The molecule has 2 aromatic rings. The van der Waals surface area contributed by atoms with Crippen LogP contribution in [0.25, 0.3) is 0 Å². The maximum Gasteiger partial charge on any atom is 0.251 e. The lowest BCUT2D eigenvalue weighted by atomic mass is 10.0. The molecule has 0 atom stereocenters. The minimum atomic E-state index is -0.0355. The number of methoxy groups -OCH3 is 2. The number of amides is 1. The SMILES string of the molecule is COc1ccc(CCNC(=O)c2cc(C)ccc2C)cc1OC. The summed E-state index contributed by atoms with van der Waals surface area (Å²) >= 11 is 0. The fourth-order valence-corrected chi connectivity index (χ4v) is 2.43. The first-order valence-corrected chi connectivity index (χ1v) is 7.61. The van der Waals surface area contributed by atoms with Crippen LogP contribution in [0.4, 0.5) is 0 Å². The maximum absolute atomic E-state index is 12.3. The van der Waals surface area contributed by atoms with Gasteiger partial charge >= 0.3 is 0 Å². The van der Waals surface area contributed by atoms with Crippen molar-refractivity contribution in [3.05, 3.63) is 58.7 Å². The van der Waals surface area contributed by atoms with Crippen LogP contribution in [-0.2, 0) is 6.42 Å². The molecular formula is C19H23NO3. The molecule has 0 saturated carbocycles. The van der Waals surface area contributed by atoms with E-state index >= 15 is 0 Å². The van der Waals surface area contributed by atoms with E-state index in [0.29, 0.717) is 18.0 Å². The van der Waals surface area contributed by atoms with Gasteiger partial charge in [0.25, 0.3) is 5.91 Å². The number of rotatable bonds is 6. The van der Waals surface area contributed by atoms with Crippen molar-refractivity contribution < 1.29 is 14.3 Å². The summed E-state index contributed by atoms with van der Waals surface area (Å²) in [6.45, 7) is 4.50. The first-order valence-electron chi connectivity index (χ1n) is 7.61. The summed E-state index contributed by atoms with van der Waals surface area (Å²) < 4.78 is 10.5. The van der Waals surface area contributed by atoms with E-state index in [2.05, 4.69) is 5.32 Å². The highest BCUT2D eigenvalue weighted by Gasteiger charge is 2.09. The number of carbonyl (C=O) groups is 1. The second-order valence-corrected chi connectivity index (χ2v) is 5.51. The summed E-state index contributed by atoms with van der Waals surface area (Å²) in [5.41, 5.74) is 3.89. The lowest BCUT2D eigenvalue weighted by Crippen LogP contribution is -2.26. The predicted octanol–water partition coefficient (Wildman–Crippen LogP) is 3.29. The van der Waals surface area contributed by atoms with Crippen molar-refractivity contribution >= 4 is 5.91 Å². The Kier molecular flexibility index (Phi) is 5.63. The molecule has 2 rings (SSSR count). The van der Waals surface area contributed by atoms with Gasteiger partial charge < -0.3 is 14.8 Å². The van der Waals surface area contributed by atoms with E-state index in [4.69, 9.17) is 9.47 Å². The molecule has 1 N–H and O–H groups in total. The number of carbonyl (C=O) groups excluding carboxylic acids is 1. The van der Waals surface area contributed by atoms with Crippen LogP contribution in [0.2, 0.25) is 0 Å². The summed E-state index contributed by atoms with van der Waals surface area (Å²) in [5, 5.41) is 2.97. The molecule has 0 bridgehead atoms. The number of nitrogens with one attached hydrogen (secondary N) is 1. The Hall–Kier alpha value is -2.49. The van der Waals surface area contributed by atoms with E-state index in [0.717, 1.165) is 28.7 Å². The number of benzene rings is 2. The molecule has 0 fully saturated rings. The standard InChI is InChI=1S/C19H23NO3/c1-13-5-6-14(2)16(11-13)19(21)20-10-9-15-7-8-17(22-3)18(12-15)23-4/h5-8,11-12H,9-10H2,1-4H3,(H,20,21). The van der Waals surface area contributed by atoms with Gasteiger partial charge in [-0.15, -0.1) is 0 Å². The molecule has 23 heavy (non-hydrogen) atoms. The molecule has 0 aromatic heterocycles. The summed E-state index contributed by atoms with van der Waals surface area (Å²) in [6.07, 6.45) is 0.733. The monoisotopic (exact) mass is 313 g/mol. The van der Waals surface area contributed by atoms with Gasteiger partial charge in [-0.2, -0.15) is 0 Å². The van der Waals surface area contributed by atoms with Crippen LogP contribution in [0.5, 0.6) is 11.5 Å². The van der Waals surface area contributed by atoms with Gasteiger partial charge in [0.05, 0.1) is 14.2 Å². The van der Waals surface area contributed by atoms with Crippen LogP contribution < -0.4 is 14.8 Å². The largest absolute Gasteiger partial charge is 0.493 e. The van der Waals surface area contributed by atoms with E-state index in [9.17, 15) is 4.79 Å². The molecule has 0 radical (unpaired) electrons. The molecule has 0 aliphatic carbocycles. The second-order valence-electron chi connectivity index (χ2n) is 5.51. The lowest BCUT2D eigenvalue weighted by Gasteiger charge is -2.11. The van der Waals surface area contributed by atoms with Gasteiger partial charge in [-0.05, 0) is 49.6 Å². The van der Waals surface area contributed by atoms with Gasteiger partial charge in [-0.3, -0.25) is 4.79 Å². The van der Waals surface area contributed by atoms with E-state index in [1.807, 2.05) is 50.2 Å². The summed E-state index contributed by atoms with van der Waals surface area (Å²) in [4.78, 5) is 12.3. The minimum Gasteiger partial charge on any atom is -0.493 e. The van der Waals surface area contributed by atoms with Crippen LogP contribution in [0.1, 0.15) is 27.0 Å². The number of hydrogen-bond donors (Lipinski definition) is 1. The molecule has 4 heteroatoms. The first kappa shape index (κ1) is 16.9. The lowest BCUT2D eigenvalue weighted by molar-refractivity contribution is 0.0953. The van der Waals surface area contributed by atoms with Gasteiger partial charge in [0, 0.05) is 12.1 Å². The van der Waals surface area contributed by atoms with Crippen LogP contribution in [0, 0.1) is 13.8 Å². The average Bonchev–Trinajstić information content (AvgIpc) is 2.56. The average molecular weight is 313 g/mol. The van der Waals surface area contributed by atoms with E-state index in [1.54, 1.807) is 14.2 Å². The Morgan fingerprint density at radius 2 is 1.74 bits per heavy atom. The fourth-order valence-electron chi connectivity index (χ4n) is 2.43. The smallest absolute Gasteiger partial charge is 0.251 e. The van der Waals surface area contributed by atoms with Crippen molar-refractivity contribution in [1.82, 2.24) is 5.32 Å². The molecule has 0 spiro atoms. The maximum atomic E-state index is 12.3.